The molecule has 1 atom stereocenters. The fraction of sp³-hybridized carbons (Fsp3) is 0.308. The van der Waals surface area contributed by atoms with Gasteiger partial charge in [0.15, 0.2) is 0 Å². The summed E-state index contributed by atoms with van der Waals surface area (Å²) in [5, 5.41) is 22.4. The Balaban J connectivity index is 2.65. The number of carboxylic acid groups (broad SMARTS) is 2. The summed E-state index contributed by atoms with van der Waals surface area (Å²) in [4.78, 5) is 33.1. The Bertz CT molecular complexity index is 561. The van der Waals surface area contributed by atoms with Crippen LogP contribution in [0.15, 0.2) is 18.2 Å². The van der Waals surface area contributed by atoms with Crippen LogP contribution in [0.2, 0.25) is 5.02 Å². The van der Waals surface area contributed by atoms with Gasteiger partial charge in [0.05, 0.1) is 10.7 Å². The minimum absolute atomic E-state index is 0.209. The predicted octanol–water partition coefficient (Wildman–Crippen LogP) is 2.09. The third kappa shape index (κ3) is 5.70. The van der Waals surface area contributed by atoms with Crippen molar-refractivity contribution in [1.29, 1.82) is 0 Å². The van der Waals surface area contributed by atoms with Crippen LogP contribution in [0.5, 0.6) is 0 Å². The molecule has 21 heavy (non-hydrogen) atoms. The van der Waals surface area contributed by atoms with Gasteiger partial charge in [0.2, 0.25) is 0 Å². The van der Waals surface area contributed by atoms with E-state index in [4.69, 9.17) is 21.8 Å². The molecule has 0 bridgehead atoms. The molecule has 0 saturated carbocycles. The number of rotatable bonds is 6. The SMILES string of the molecule is Cc1ccc(NC(=O)N[C@@H](CCC(=O)O)C(=O)O)c(Cl)c1. The highest BCUT2D eigenvalue weighted by Gasteiger charge is 2.21. The maximum atomic E-state index is 11.7. The molecular weight excluding hydrogens is 300 g/mol. The van der Waals surface area contributed by atoms with Crippen LogP contribution in [-0.4, -0.2) is 34.2 Å². The molecule has 4 N–H and O–H groups in total. The zero-order chi connectivity index (χ0) is 16.0. The molecule has 8 heteroatoms. The van der Waals surface area contributed by atoms with Gasteiger partial charge in [-0.1, -0.05) is 17.7 Å². The molecule has 1 rings (SSSR count). The fourth-order valence-electron chi connectivity index (χ4n) is 1.56. The maximum Gasteiger partial charge on any atom is 0.326 e. The number of aliphatic carboxylic acids is 2. The van der Waals surface area contributed by atoms with Gasteiger partial charge in [0.1, 0.15) is 6.04 Å². The third-order valence-corrected chi connectivity index (χ3v) is 2.94. The number of urea groups is 1. The normalized spacial score (nSPS) is 11.5. The van der Waals surface area contributed by atoms with Crippen LogP contribution in [0.3, 0.4) is 0 Å². The average Bonchev–Trinajstić information content (AvgIpc) is 2.37. The summed E-state index contributed by atoms with van der Waals surface area (Å²) in [5.41, 5.74) is 1.25. The minimum Gasteiger partial charge on any atom is -0.481 e. The van der Waals surface area contributed by atoms with Crippen molar-refractivity contribution in [2.45, 2.75) is 25.8 Å². The van der Waals surface area contributed by atoms with Gasteiger partial charge in [0.25, 0.3) is 0 Å². The second kappa shape index (κ2) is 7.49. The van der Waals surface area contributed by atoms with Gasteiger partial charge in [-0.2, -0.15) is 0 Å². The Morgan fingerprint density at radius 1 is 1.29 bits per heavy atom. The maximum absolute atomic E-state index is 11.7. The van der Waals surface area contributed by atoms with E-state index < -0.39 is 24.0 Å². The summed E-state index contributed by atoms with van der Waals surface area (Å²) in [6, 6.07) is 2.92. The van der Waals surface area contributed by atoms with E-state index in [1.807, 2.05) is 6.92 Å². The van der Waals surface area contributed by atoms with Crippen molar-refractivity contribution in [2.24, 2.45) is 0 Å². The molecule has 1 aromatic carbocycles. The average molecular weight is 315 g/mol. The third-order valence-electron chi connectivity index (χ3n) is 2.62. The van der Waals surface area contributed by atoms with E-state index in [9.17, 15) is 14.4 Å². The highest BCUT2D eigenvalue weighted by atomic mass is 35.5. The van der Waals surface area contributed by atoms with E-state index in [0.29, 0.717) is 10.7 Å². The number of amides is 2. The first-order chi connectivity index (χ1) is 9.79. The quantitative estimate of drug-likeness (QED) is 0.641. The minimum atomic E-state index is -1.30. The molecule has 7 nitrogen and oxygen atoms in total. The number of carbonyl (C=O) groups excluding carboxylic acids is 1. The lowest BCUT2D eigenvalue weighted by molar-refractivity contribution is -0.140. The molecule has 0 aliphatic heterocycles. The predicted molar refractivity (Wildman–Crippen MR) is 76.6 cm³/mol. The number of benzene rings is 1. The van der Waals surface area contributed by atoms with E-state index in [2.05, 4.69) is 10.6 Å². The Morgan fingerprint density at radius 2 is 1.95 bits per heavy atom. The monoisotopic (exact) mass is 314 g/mol. The number of aryl methyl sites for hydroxylation is 1. The van der Waals surface area contributed by atoms with Crippen molar-refractivity contribution in [3.63, 3.8) is 0 Å². The highest BCUT2D eigenvalue weighted by molar-refractivity contribution is 6.33. The Hall–Kier alpha value is -2.28. The molecular formula is C13H15ClN2O5. The summed E-state index contributed by atoms with van der Waals surface area (Å²) in [6.07, 6.45) is -0.567. The Kier molecular flexibility index (Phi) is 5.98. The van der Waals surface area contributed by atoms with Gasteiger partial charge >= 0.3 is 18.0 Å². The molecule has 0 fully saturated rings. The lowest BCUT2D eigenvalue weighted by Crippen LogP contribution is -2.43. The van der Waals surface area contributed by atoms with Crippen LogP contribution < -0.4 is 10.6 Å². The molecule has 0 saturated heterocycles. The van der Waals surface area contributed by atoms with Gasteiger partial charge in [-0.25, -0.2) is 9.59 Å². The topological polar surface area (TPSA) is 116 Å². The van der Waals surface area contributed by atoms with Crippen LogP contribution in [-0.2, 0) is 9.59 Å². The van der Waals surface area contributed by atoms with E-state index >= 15 is 0 Å². The zero-order valence-corrected chi connectivity index (χ0v) is 12.0. The second-order valence-electron chi connectivity index (χ2n) is 4.40. The van der Waals surface area contributed by atoms with E-state index in [1.165, 1.54) is 0 Å². The number of carboxylic acids is 2. The molecule has 1 aromatic rings. The Morgan fingerprint density at radius 3 is 2.48 bits per heavy atom. The van der Waals surface area contributed by atoms with Crippen molar-refractivity contribution in [1.82, 2.24) is 5.32 Å². The van der Waals surface area contributed by atoms with E-state index in [0.717, 1.165) is 5.56 Å². The van der Waals surface area contributed by atoms with E-state index in [-0.39, 0.29) is 12.8 Å². The first-order valence-corrected chi connectivity index (χ1v) is 6.45. The van der Waals surface area contributed by atoms with Crippen molar-refractivity contribution in [2.75, 3.05) is 5.32 Å². The zero-order valence-electron chi connectivity index (χ0n) is 11.2. The van der Waals surface area contributed by atoms with Crippen LogP contribution >= 0.6 is 11.6 Å². The lowest BCUT2D eigenvalue weighted by Gasteiger charge is -2.15. The van der Waals surface area contributed by atoms with Crippen LogP contribution in [0.25, 0.3) is 0 Å². The molecule has 0 radical (unpaired) electrons. The summed E-state index contributed by atoms with van der Waals surface area (Å²) < 4.78 is 0. The smallest absolute Gasteiger partial charge is 0.326 e. The molecule has 0 unspecified atom stereocenters. The molecule has 0 aromatic heterocycles. The first kappa shape index (κ1) is 16.8. The van der Waals surface area contributed by atoms with Crippen molar-refractivity contribution < 1.29 is 24.6 Å². The fourth-order valence-corrected chi connectivity index (χ4v) is 1.85. The summed E-state index contributed by atoms with van der Waals surface area (Å²) in [6.45, 7) is 1.84. The number of halogens is 1. The Labute approximate surface area is 125 Å². The van der Waals surface area contributed by atoms with Crippen LogP contribution in [0.4, 0.5) is 10.5 Å². The van der Waals surface area contributed by atoms with Gasteiger partial charge in [0, 0.05) is 6.42 Å². The number of hydrogen-bond donors (Lipinski definition) is 4. The van der Waals surface area contributed by atoms with Gasteiger partial charge in [-0.15, -0.1) is 0 Å². The van der Waals surface area contributed by atoms with Gasteiger partial charge < -0.3 is 20.8 Å². The number of carbonyl (C=O) groups is 3. The number of hydrogen-bond acceptors (Lipinski definition) is 3. The summed E-state index contributed by atoms with van der Waals surface area (Å²) in [5.74, 6) is -2.44. The molecule has 0 heterocycles. The van der Waals surface area contributed by atoms with Crippen LogP contribution in [0, 0.1) is 6.92 Å². The second-order valence-corrected chi connectivity index (χ2v) is 4.81. The molecule has 0 spiro atoms. The summed E-state index contributed by atoms with van der Waals surface area (Å²) >= 11 is 5.94. The standard InChI is InChI=1S/C13H15ClN2O5/c1-7-2-3-9(8(14)6-7)15-13(21)16-10(12(19)20)4-5-11(17)18/h2-3,6,10H,4-5H2,1H3,(H,17,18)(H,19,20)(H2,15,16,21)/t10-/m0/s1. The van der Waals surface area contributed by atoms with Crippen molar-refractivity contribution in [3.8, 4) is 0 Å². The lowest BCUT2D eigenvalue weighted by atomic mass is 10.1. The molecule has 114 valence electrons. The summed E-state index contributed by atoms with van der Waals surface area (Å²) in [7, 11) is 0. The highest BCUT2D eigenvalue weighted by Crippen LogP contribution is 2.22. The van der Waals surface area contributed by atoms with Crippen molar-refractivity contribution in [3.05, 3.63) is 28.8 Å². The van der Waals surface area contributed by atoms with Crippen molar-refractivity contribution >= 4 is 35.3 Å². The van der Waals surface area contributed by atoms with Gasteiger partial charge in [-0.05, 0) is 31.0 Å². The number of anilines is 1. The first-order valence-electron chi connectivity index (χ1n) is 6.08. The molecule has 0 aliphatic carbocycles. The molecule has 0 aliphatic rings. The number of nitrogens with one attached hydrogen (secondary N) is 2. The van der Waals surface area contributed by atoms with Gasteiger partial charge in [-0.3, -0.25) is 4.79 Å². The van der Waals surface area contributed by atoms with Crippen LogP contribution in [0.1, 0.15) is 18.4 Å². The largest absolute Gasteiger partial charge is 0.481 e. The molecule has 2 amide bonds. The van der Waals surface area contributed by atoms with E-state index in [1.54, 1.807) is 18.2 Å².